The third-order valence-electron chi connectivity index (χ3n) is 4.71. The first-order valence-corrected chi connectivity index (χ1v) is 8.08. The second kappa shape index (κ2) is 7.14. The molecule has 2 heterocycles. The molecule has 0 bridgehead atoms. The number of methoxy groups -OCH3 is 1. The highest BCUT2D eigenvalue weighted by Crippen LogP contribution is 2.27. The third-order valence-corrected chi connectivity index (χ3v) is 4.71. The summed E-state index contributed by atoms with van der Waals surface area (Å²) in [4.78, 5) is 2.55. The van der Waals surface area contributed by atoms with E-state index in [9.17, 15) is 0 Å². The molecule has 21 heavy (non-hydrogen) atoms. The first-order valence-electron chi connectivity index (χ1n) is 8.08. The number of fused-ring (bicyclic) bond motifs is 1. The monoisotopic (exact) mass is 290 g/mol. The van der Waals surface area contributed by atoms with Gasteiger partial charge in [-0.05, 0) is 50.4 Å². The van der Waals surface area contributed by atoms with Crippen molar-refractivity contribution in [3.8, 4) is 11.5 Å². The first kappa shape index (κ1) is 14.7. The van der Waals surface area contributed by atoms with Gasteiger partial charge in [-0.15, -0.1) is 0 Å². The van der Waals surface area contributed by atoms with Gasteiger partial charge in [-0.1, -0.05) is 12.1 Å². The summed E-state index contributed by atoms with van der Waals surface area (Å²) >= 11 is 0. The zero-order valence-electron chi connectivity index (χ0n) is 12.9. The van der Waals surface area contributed by atoms with Gasteiger partial charge in [-0.3, -0.25) is 4.90 Å². The molecule has 4 nitrogen and oxygen atoms in total. The van der Waals surface area contributed by atoms with Crippen LogP contribution in [0, 0.1) is 5.92 Å². The fourth-order valence-corrected chi connectivity index (χ4v) is 3.55. The van der Waals surface area contributed by atoms with Gasteiger partial charge < -0.3 is 14.8 Å². The van der Waals surface area contributed by atoms with Crippen LogP contribution in [0.15, 0.2) is 24.3 Å². The van der Waals surface area contributed by atoms with Crippen molar-refractivity contribution in [2.45, 2.75) is 25.3 Å². The van der Waals surface area contributed by atoms with Crippen LogP contribution in [0.2, 0.25) is 0 Å². The van der Waals surface area contributed by atoms with Crippen LogP contribution in [0.25, 0.3) is 0 Å². The number of nitrogens with zero attached hydrogens (tertiary/aromatic N) is 1. The predicted octanol–water partition coefficient (Wildman–Crippen LogP) is 2.15. The minimum atomic E-state index is 0.727. The molecule has 0 aliphatic carbocycles. The summed E-state index contributed by atoms with van der Waals surface area (Å²) in [5, 5.41) is 3.66. The average molecular weight is 290 g/mol. The molecule has 2 aliphatic rings. The van der Waals surface area contributed by atoms with Gasteiger partial charge >= 0.3 is 0 Å². The Morgan fingerprint density at radius 1 is 1.24 bits per heavy atom. The normalized spacial score (nSPS) is 26.1. The van der Waals surface area contributed by atoms with E-state index in [-0.39, 0.29) is 0 Å². The van der Waals surface area contributed by atoms with E-state index in [1.807, 2.05) is 24.3 Å². The molecule has 3 rings (SSSR count). The molecule has 0 radical (unpaired) electrons. The van der Waals surface area contributed by atoms with Crippen molar-refractivity contribution in [3.63, 3.8) is 0 Å². The van der Waals surface area contributed by atoms with Crippen molar-refractivity contribution in [3.05, 3.63) is 24.3 Å². The van der Waals surface area contributed by atoms with Gasteiger partial charge in [-0.2, -0.15) is 0 Å². The lowest BCUT2D eigenvalue weighted by Crippen LogP contribution is -2.52. The fourth-order valence-electron chi connectivity index (χ4n) is 3.55. The largest absolute Gasteiger partial charge is 0.493 e. The number of nitrogens with one attached hydrogen (secondary N) is 1. The molecule has 2 unspecified atom stereocenters. The van der Waals surface area contributed by atoms with Crippen molar-refractivity contribution in [1.82, 2.24) is 10.2 Å². The lowest BCUT2D eigenvalue weighted by Gasteiger charge is -2.41. The Hall–Kier alpha value is -1.26. The number of hydrogen-bond acceptors (Lipinski definition) is 4. The fraction of sp³-hybridized carbons (Fsp3) is 0.647. The summed E-state index contributed by atoms with van der Waals surface area (Å²) in [6.45, 7) is 5.33. The maximum Gasteiger partial charge on any atom is 0.161 e. The standard InChI is InChI=1S/C17H26N2O2/c1-20-16-6-2-3-7-17(16)21-12-11-19-10-8-15-14(13-19)5-4-9-18-15/h2-3,6-7,14-15,18H,4-5,8-13H2,1H3. The lowest BCUT2D eigenvalue weighted by molar-refractivity contribution is 0.0999. The van der Waals surface area contributed by atoms with Crippen molar-refractivity contribution in [2.75, 3.05) is 39.9 Å². The van der Waals surface area contributed by atoms with E-state index >= 15 is 0 Å². The Kier molecular flexibility index (Phi) is 4.99. The number of rotatable bonds is 5. The SMILES string of the molecule is COc1ccccc1OCCN1CCC2NCCCC2C1. The summed E-state index contributed by atoms with van der Waals surface area (Å²) < 4.78 is 11.2. The predicted molar refractivity (Wildman–Crippen MR) is 84.1 cm³/mol. The molecule has 2 aliphatic heterocycles. The molecule has 116 valence electrons. The number of benzene rings is 1. The Morgan fingerprint density at radius 3 is 2.95 bits per heavy atom. The highest BCUT2D eigenvalue weighted by Gasteiger charge is 2.30. The second-order valence-electron chi connectivity index (χ2n) is 6.05. The summed E-state index contributed by atoms with van der Waals surface area (Å²) in [7, 11) is 1.68. The van der Waals surface area contributed by atoms with Crippen LogP contribution in [-0.4, -0.2) is 50.8 Å². The number of piperidine rings is 2. The highest BCUT2D eigenvalue weighted by molar-refractivity contribution is 5.39. The van der Waals surface area contributed by atoms with Crippen LogP contribution >= 0.6 is 0 Å². The Bertz CT molecular complexity index is 452. The molecule has 0 spiro atoms. The van der Waals surface area contributed by atoms with Gasteiger partial charge in [0.15, 0.2) is 11.5 Å². The molecule has 0 aromatic heterocycles. The lowest BCUT2D eigenvalue weighted by atomic mass is 9.85. The molecule has 2 atom stereocenters. The molecule has 0 saturated carbocycles. The van der Waals surface area contributed by atoms with E-state index < -0.39 is 0 Å². The minimum absolute atomic E-state index is 0.727. The van der Waals surface area contributed by atoms with Gasteiger partial charge in [0.25, 0.3) is 0 Å². The summed E-state index contributed by atoms with van der Waals surface area (Å²) in [5.74, 6) is 2.49. The number of likely N-dealkylation sites (tertiary alicyclic amines) is 1. The van der Waals surface area contributed by atoms with Crippen LogP contribution in [-0.2, 0) is 0 Å². The molecule has 1 aromatic rings. The number of hydrogen-bond donors (Lipinski definition) is 1. The molecule has 2 saturated heterocycles. The molecule has 4 heteroatoms. The van der Waals surface area contributed by atoms with Crippen molar-refractivity contribution < 1.29 is 9.47 Å². The quantitative estimate of drug-likeness (QED) is 0.901. The van der Waals surface area contributed by atoms with Crippen LogP contribution in [0.5, 0.6) is 11.5 Å². The van der Waals surface area contributed by atoms with E-state index in [0.29, 0.717) is 0 Å². The van der Waals surface area contributed by atoms with Crippen molar-refractivity contribution in [2.24, 2.45) is 5.92 Å². The molecule has 2 fully saturated rings. The molecule has 1 N–H and O–H groups in total. The van der Waals surface area contributed by atoms with Crippen molar-refractivity contribution >= 4 is 0 Å². The first-order chi connectivity index (χ1) is 10.4. The summed E-state index contributed by atoms with van der Waals surface area (Å²) in [6, 6.07) is 8.61. The van der Waals surface area contributed by atoms with Gasteiger partial charge in [0.05, 0.1) is 7.11 Å². The van der Waals surface area contributed by atoms with Crippen LogP contribution in [0.1, 0.15) is 19.3 Å². The number of ether oxygens (including phenoxy) is 2. The van der Waals surface area contributed by atoms with Gasteiger partial charge in [0, 0.05) is 19.1 Å². The molecule has 0 amide bonds. The maximum absolute atomic E-state index is 5.88. The van der Waals surface area contributed by atoms with Crippen LogP contribution in [0.3, 0.4) is 0 Å². The van der Waals surface area contributed by atoms with Gasteiger partial charge in [0.1, 0.15) is 6.61 Å². The average Bonchev–Trinajstić information content (AvgIpc) is 2.55. The van der Waals surface area contributed by atoms with Gasteiger partial charge in [0.2, 0.25) is 0 Å². The van der Waals surface area contributed by atoms with E-state index in [1.165, 1.54) is 38.9 Å². The summed E-state index contributed by atoms with van der Waals surface area (Å²) in [5.41, 5.74) is 0. The van der Waals surface area contributed by atoms with Gasteiger partial charge in [-0.25, -0.2) is 0 Å². The maximum atomic E-state index is 5.88. The summed E-state index contributed by atoms with van der Waals surface area (Å²) in [6.07, 6.45) is 3.98. The van der Waals surface area contributed by atoms with Crippen LogP contribution < -0.4 is 14.8 Å². The molecular formula is C17H26N2O2. The zero-order valence-corrected chi connectivity index (χ0v) is 12.9. The highest BCUT2D eigenvalue weighted by atomic mass is 16.5. The Balaban J connectivity index is 1.45. The van der Waals surface area contributed by atoms with Crippen molar-refractivity contribution in [1.29, 1.82) is 0 Å². The molecule has 1 aromatic carbocycles. The van der Waals surface area contributed by atoms with E-state index in [0.717, 1.165) is 36.6 Å². The third kappa shape index (κ3) is 3.69. The topological polar surface area (TPSA) is 33.7 Å². The Morgan fingerprint density at radius 2 is 2.10 bits per heavy atom. The number of para-hydroxylation sites is 2. The smallest absolute Gasteiger partial charge is 0.161 e. The minimum Gasteiger partial charge on any atom is -0.493 e. The van der Waals surface area contributed by atoms with E-state index in [1.54, 1.807) is 7.11 Å². The second-order valence-corrected chi connectivity index (χ2v) is 6.05. The molecular weight excluding hydrogens is 264 g/mol. The zero-order chi connectivity index (χ0) is 14.5. The van der Waals surface area contributed by atoms with Crippen LogP contribution in [0.4, 0.5) is 0 Å². The Labute approximate surface area is 127 Å². The van der Waals surface area contributed by atoms with E-state index in [2.05, 4.69) is 10.2 Å². The van der Waals surface area contributed by atoms with E-state index in [4.69, 9.17) is 9.47 Å².